The summed E-state index contributed by atoms with van der Waals surface area (Å²) in [6, 6.07) is 0. The highest BCUT2D eigenvalue weighted by molar-refractivity contribution is 5.69. The van der Waals surface area contributed by atoms with Gasteiger partial charge in [0, 0.05) is 12.8 Å². The maximum absolute atomic E-state index is 11.8. The van der Waals surface area contributed by atoms with E-state index in [1.165, 1.54) is 51.4 Å². The lowest BCUT2D eigenvalue weighted by molar-refractivity contribution is -0.143. The number of unbranched alkanes of at least 4 members (excludes halogenated alkanes) is 16. The largest absolute Gasteiger partial charge is 0.461 e. The van der Waals surface area contributed by atoms with Crippen LogP contribution < -0.4 is 0 Å². The van der Waals surface area contributed by atoms with E-state index in [9.17, 15) is 14.7 Å². The summed E-state index contributed by atoms with van der Waals surface area (Å²) in [5, 5.41) is 10.2. The Kier molecular flexibility index (Phi) is 30.6. The molecule has 0 unspecified atom stereocenters. The Balaban J connectivity index is 3.40. The third-order valence-corrected chi connectivity index (χ3v) is 7.30. The number of allylic oxidation sites excluding steroid dienone is 2. The van der Waals surface area contributed by atoms with Gasteiger partial charge < -0.3 is 14.6 Å². The van der Waals surface area contributed by atoms with Crippen molar-refractivity contribution < 1.29 is 24.2 Å². The van der Waals surface area contributed by atoms with Crippen molar-refractivity contribution in [3.63, 3.8) is 0 Å². The van der Waals surface area contributed by atoms with Gasteiger partial charge in [-0.25, -0.2) is 0 Å². The second-order valence-electron chi connectivity index (χ2n) is 11.3. The van der Waals surface area contributed by atoms with Crippen LogP contribution in [0.25, 0.3) is 0 Å². The number of rotatable bonds is 30. The molecule has 0 spiro atoms. The normalized spacial score (nSPS) is 12.4. The van der Waals surface area contributed by atoms with Gasteiger partial charge in [0.25, 0.3) is 0 Å². The molecule has 1 N–H and O–H groups in total. The standard InChI is InChI=1S/C35H64O5/c1-3-5-7-9-11-19-25-31-39-34(37)29-23-17-13-15-21-27-33(36)28-22-16-14-18-24-30-35(38)40-32-26-20-12-10-8-6-4-2/h19-20,25-26,33,36H,3-18,21-24,27-32H2,1-2H3. The summed E-state index contributed by atoms with van der Waals surface area (Å²) in [6.45, 7) is 5.23. The van der Waals surface area contributed by atoms with E-state index in [2.05, 4.69) is 26.0 Å². The molecule has 0 rings (SSSR count). The summed E-state index contributed by atoms with van der Waals surface area (Å²) in [4.78, 5) is 23.6. The molecule has 0 saturated heterocycles. The van der Waals surface area contributed by atoms with Crippen LogP contribution in [-0.2, 0) is 19.1 Å². The fourth-order valence-corrected chi connectivity index (χ4v) is 4.68. The van der Waals surface area contributed by atoms with Crippen molar-refractivity contribution >= 4 is 11.9 Å². The monoisotopic (exact) mass is 564 g/mol. The van der Waals surface area contributed by atoms with Gasteiger partial charge in [0.1, 0.15) is 13.2 Å². The first kappa shape index (κ1) is 38.4. The summed E-state index contributed by atoms with van der Waals surface area (Å²) in [5.41, 5.74) is 0. The van der Waals surface area contributed by atoms with E-state index >= 15 is 0 Å². The molecule has 0 aliphatic rings. The molecule has 0 saturated carbocycles. The molecule has 0 fully saturated rings. The lowest BCUT2D eigenvalue weighted by atomic mass is 10.0. The maximum atomic E-state index is 11.8. The van der Waals surface area contributed by atoms with Gasteiger partial charge in [0.15, 0.2) is 0 Å². The van der Waals surface area contributed by atoms with Gasteiger partial charge in [-0.2, -0.15) is 0 Å². The molecule has 40 heavy (non-hydrogen) atoms. The number of hydrogen-bond acceptors (Lipinski definition) is 5. The van der Waals surface area contributed by atoms with Crippen molar-refractivity contribution in [2.75, 3.05) is 13.2 Å². The zero-order valence-corrected chi connectivity index (χ0v) is 26.4. The van der Waals surface area contributed by atoms with Gasteiger partial charge in [-0.3, -0.25) is 9.59 Å². The van der Waals surface area contributed by atoms with Gasteiger partial charge >= 0.3 is 11.9 Å². The van der Waals surface area contributed by atoms with Gasteiger partial charge in [0.2, 0.25) is 0 Å². The van der Waals surface area contributed by atoms with E-state index in [-0.39, 0.29) is 18.0 Å². The van der Waals surface area contributed by atoms with Crippen LogP contribution in [0.4, 0.5) is 0 Å². The van der Waals surface area contributed by atoms with Crippen LogP contribution in [0.3, 0.4) is 0 Å². The molecular weight excluding hydrogens is 500 g/mol. The number of carbonyl (C=O) groups is 2. The minimum Gasteiger partial charge on any atom is -0.461 e. The predicted octanol–water partition coefficient (Wildman–Crippen LogP) is 9.95. The Morgan fingerprint density at radius 2 is 0.900 bits per heavy atom. The topological polar surface area (TPSA) is 72.8 Å². The van der Waals surface area contributed by atoms with Gasteiger partial charge in [-0.05, 0) is 51.4 Å². The number of carbonyl (C=O) groups excluding carboxylic acids is 2. The fourth-order valence-electron chi connectivity index (χ4n) is 4.68. The molecule has 234 valence electrons. The number of ether oxygens (including phenoxy) is 2. The minimum atomic E-state index is -0.204. The third kappa shape index (κ3) is 30.9. The van der Waals surface area contributed by atoms with Crippen molar-refractivity contribution in [2.24, 2.45) is 0 Å². The second-order valence-corrected chi connectivity index (χ2v) is 11.3. The zero-order valence-electron chi connectivity index (χ0n) is 26.4. The number of aliphatic hydroxyl groups is 1. The van der Waals surface area contributed by atoms with Crippen LogP contribution >= 0.6 is 0 Å². The summed E-state index contributed by atoms with van der Waals surface area (Å²) >= 11 is 0. The molecule has 5 nitrogen and oxygen atoms in total. The van der Waals surface area contributed by atoms with Crippen LogP contribution in [-0.4, -0.2) is 36.4 Å². The summed E-state index contributed by atoms with van der Waals surface area (Å²) in [5.74, 6) is -0.190. The lowest BCUT2D eigenvalue weighted by Crippen LogP contribution is -2.06. The highest BCUT2D eigenvalue weighted by atomic mass is 16.5. The maximum Gasteiger partial charge on any atom is 0.306 e. The minimum absolute atomic E-state index is 0.0952. The summed E-state index contributed by atoms with van der Waals surface area (Å²) in [6.07, 6.45) is 33.3. The first-order chi connectivity index (χ1) is 19.6. The van der Waals surface area contributed by atoms with E-state index in [0.717, 1.165) is 89.9 Å². The average Bonchev–Trinajstić information content (AvgIpc) is 2.94. The highest BCUT2D eigenvalue weighted by Gasteiger charge is 2.06. The van der Waals surface area contributed by atoms with Crippen LogP contribution in [0.5, 0.6) is 0 Å². The first-order valence-corrected chi connectivity index (χ1v) is 16.9. The lowest BCUT2D eigenvalue weighted by Gasteiger charge is -2.10. The quantitative estimate of drug-likeness (QED) is 0.0534. The average molecular weight is 565 g/mol. The Bertz CT molecular complexity index is 561. The molecule has 0 atom stereocenters. The van der Waals surface area contributed by atoms with Crippen molar-refractivity contribution in [3.8, 4) is 0 Å². The van der Waals surface area contributed by atoms with Crippen molar-refractivity contribution in [1.82, 2.24) is 0 Å². The Morgan fingerprint density at radius 1 is 0.525 bits per heavy atom. The molecule has 0 bridgehead atoms. The zero-order chi connectivity index (χ0) is 29.4. The van der Waals surface area contributed by atoms with E-state index in [1.54, 1.807) is 0 Å². The molecule has 0 aliphatic carbocycles. The SMILES string of the molecule is CCCCCCC=CCOC(=O)CCCCCCCC(O)CCCCCCCC(=O)OCC=CCCCCCC. The van der Waals surface area contributed by atoms with E-state index in [0.29, 0.717) is 26.1 Å². The third-order valence-electron chi connectivity index (χ3n) is 7.30. The Hall–Kier alpha value is -1.62. The van der Waals surface area contributed by atoms with E-state index < -0.39 is 0 Å². The molecular formula is C35H64O5. The Morgan fingerprint density at radius 3 is 1.32 bits per heavy atom. The van der Waals surface area contributed by atoms with Crippen LogP contribution in [0.2, 0.25) is 0 Å². The van der Waals surface area contributed by atoms with Gasteiger partial charge in [-0.15, -0.1) is 0 Å². The Labute approximate surface area is 247 Å². The molecule has 5 heteroatoms. The van der Waals surface area contributed by atoms with Crippen molar-refractivity contribution in [2.45, 2.75) is 174 Å². The molecule has 0 amide bonds. The number of hydrogen-bond donors (Lipinski definition) is 1. The number of esters is 2. The van der Waals surface area contributed by atoms with Gasteiger partial charge in [0.05, 0.1) is 6.10 Å². The number of aliphatic hydroxyl groups excluding tert-OH is 1. The molecule has 0 aromatic carbocycles. The van der Waals surface area contributed by atoms with Crippen LogP contribution in [0, 0.1) is 0 Å². The van der Waals surface area contributed by atoms with E-state index in [1.807, 2.05) is 12.2 Å². The fraction of sp³-hybridized carbons (Fsp3) is 0.829. The molecule has 0 heterocycles. The molecule has 0 aliphatic heterocycles. The molecule has 0 aromatic heterocycles. The highest BCUT2D eigenvalue weighted by Crippen LogP contribution is 2.14. The van der Waals surface area contributed by atoms with Gasteiger partial charge in [-0.1, -0.05) is 128 Å². The van der Waals surface area contributed by atoms with Crippen molar-refractivity contribution in [3.05, 3.63) is 24.3 Å². The second kappa shape index (κ2) is 31.9. The smallest absolute Gasteiger partial charge is 0.306 e. The first-order valence-electron chi connectivity index (χ1n) is 16.9. The molecule has 0 aromatic rings. The van der Waals surface area contributed by atoms with Crippen molar-refractivity contribution in [1.29, 1.82) is 0 Å². The van der Waals surface area contributed by atoms with Crippen LogP contribution in [0.15, 0.2) is 24.3 Å². The predicted molar refractivity (Wildman–Crippen MR) is 168 cm³/mol. The molecule has 0 radical (unpaired) electrons. The summed E-state index contributed by atoms with van der Waals surface area (Å²) < 4.78 is 10.5. The van der Waals surface area contributed by atoms with Crippen LogP contribution in [0.1, 0.15) is 168 Å². The van der Waals surface area contributed by atoms with E-state index in [4.69, 9.17) is 9.47 Å². The summed E-state index contributed by atoms with van der Waals surface area (Å²) in [7, 11) is 0.